The van der Waals surface area contributed by atoms with Crippen LogP contribution in [0, 0.1) is 0 Å². The van der Waals surface area contributed by atoms with Gasteiger partial charge in [0.1, 0.15) is 5.75 Å². The zero-order valence-corrected chi connectivity index (χ0v) is 10.5. The van der Waals surface area contributed by atoms with Crippen molar-refractivity contribution in [1.82, 2.24) is 5.06 Å². The van der Waals surface area contributed by atoms with Gasteiger partial charge in [0.25, 0.3) is 0 Å². The van der Waals surface area contributed by atoms with Crippen LogP contribution in [0.25, 0.3) is 0 Å². The lowest BCUT2D eigenvalue weighted by Crippen LogP contribution is -2.48. The second kappa shape index (κ2) is 4.07. The second-order valence-corrected chi connectivity index (χ2v) is 5.33. The van der Waals surface area contributed by atoms with Crippen LogP contribution in [0.1, 0.15) is 44.3 Å². The molecule has 1 fully saturated rings. The number of phenols is 1. The first-order valence-corrected chi connectivity index (χ1v) is 6.46. The molecule has 18 heavy (non-hydrogen) atoms. The lowest BCUT2D eigenvalue weighted by Gasteiger charge is -2.36. The number of phenolic OH excluding ortho intramolecular Hbond substituents is 1. The molecule has 1 aromatic carbocycles. The summed E-state index contributed by atoms with van der Waals surface area (Å²) < 4.78 is 0. The van der Waals surface area contributed by atoms with Gasteiger partial charge in [-0.1, -0.05) is 24.6 Å². The first kappa shape index (κ1) is 11.7. The van der Waals surface area contributed by atoms with Crippen LogP contribution in [-0.4, -0.2) is 26.6 Å². The van der Waals surface area contributed by atoms with Crippen LogP contribution in [0.2, 0.25) is 0 Å². The van der Waals surface area contributed by atoms with E-state index in [0.29, 0.717) is 5.56 Å². The number of para-hydroxylation sites is 1. The van der Waals surface area contributed by atoms with Crippen molar-refractivity contribution in [2.24, 2.45) is 4.99 Å². The van der Waals surface area contributed by atoms with E-state index in [1.165, 1.54) is 5.06 Å². The third-order valence-electron chi connectivity index (χ3n) is 4.18. The first-order chi connectivity index (χ1) is 8.63. The number of benzene rings is 1. The Labute approximate surface area is 107 Å². The summed E-state index contributed by atoms with van der Waals surface area (Å²) in [5.41, 5.74) is 1.37. The number of hydrogen-bond acceptors (Lipinski definition) is 4. The van der Waals surface area contributed by atoms with Gasteiger partial charge in [-0.2, -0.15) is 5.06 Å². The molecule has 2 N–H and O–H groups in total. The molecule has 1 aromatic rings. The normalized spacial score (nSPS) is 32.1. The van der Waals surface area contributed by atoms with Gasteiger partial charge >= 0.3 is 0 Å². The molecule has 0 saturated heterocycles. The van der Waals surface area contributed by atoms with Gasteiger partial charge in [-0.05, 0) is 32.3 Å². The van der Waals surface area contributed by atoms with Crippen molar-refractivity contribution in [2.75, 3.05) is 0 Å². The molecule has 2 atom stereocenters. The number of hydroxylamine groups is 2. The van der Waals surface area contributed by atoms with E-state index in [1.807, 2.05) is 19.1 Å². The largest absolute Gasteiger partial charge is 0.508 e. The van der Waals surface area contributed by atoms with Crippen molar-refractivity contribution in [3.05, 3.63) is 29.8 Å². The summed E-state index contributed by atoms with van der Waals surface area (Å²) in [6.45, 7) is 2.03. The number of hydrogen-bond donors (Lipinski definition) is 2. The molecular weight excluding hydrogens is 228 g/mol. The Morgan fingerprint density at radius 2 is 2.11 bits per heavy atom. The van der Waals surface area contributed by atoms with E-state index in [2.05, 4.69) is 4.99 Å². The molecule has 0 aromatic heterocycles. The molecule has 96 valence electrons. The Hall–Kier alpha value is -1.39. The summed E-state index contributed by atoms with van der Waals surface area (Å²) in [5.74, 6) is 0.188. The maximum atomic E-state index is 10.4. The van der Waals surface area contributed by atoms with Crippen molar-refractivity contribution in [3.8, 4) is 5.75 Å². The third kappa shape index (κ3) is 1.56. The lowest BCUT2D eigenvalue weighted by molar-refractivity contribution is -0.168. The van der Waals surface area contributed by atoms with E-state index in [-0.39, 0.29) is 11.3 Å². The van der Waals surface area contributed by atoms with Crippen molar-refractivity contribution >= 4 is 5.71 Å². The summed E-state index contributed by atoms with van der Waals surface area (Å²) in [4.78, 5) is 4.63. The number of nitrogens with zero attached hydrogens (tertiary/aromatic N) is 2. The predicted octanol–water partition coefficient (Wildman–Crippen LogP) is 2.87. The second-order valence-electron chi connectivity index (χ2n) is 5.33. The topological polar surface area (TPSA) is 56.1 Å². The summed E-state index contributed by atoms with van der Waals surface area (Å²) in [7, 11) is 0. The standard InChI is InChI=1S/C14H18N2O2/c1-14-9-5-4-8-12(14)15-13(16(14)18)10-6-2-3-7-11(10)17/h2-3,6-7,13,17-18H,4-5,8-9H2,1H3. The smallest absolute Gasteiger partial charge is 0.154 e. The molecule has 1 aliphatic heterocycles. The summed E-state index contributed by atoms with van der Waals surface area (Å²) in [5, 5.41) is 21.6. The molecule has 0 bridgehead atoms. The molecule has 2 aliphatic rings. The van der Waals surface area contributed by atoms with E-state index in [9.17, 15) is 10.3 Å². The predicted molar refractivity (Wildman–Crippen MR) is 68.8 cm³/mol. The van der Waals surface area contributed by atoms with Crippen molar-refractivity contribution < 1.29 is 10.3 Å². The third-order valence-corrected chi connectivity index (χ3v) is 4.18. The fourth-order valence-electron chi connectivity index (χ4n) is 3.00. The highest BCUT2D eigenvalue weighted by Crippen LogP contribution is 2.44. The molecule has 1 aliphatic carbocycles. The minimum absolute atomic E-state index is 0.188. The average Bonchev–Trinajstić information content (AvgIpc) is 2.63. The van der Waals surface area contributed by atoms with Crippen LogP contribution in [0.15, 0.2) is 29.3 Å². The molecule has 1 saturated carbocycles. The highest BCUT2D eigenvalue weighted by Gasteiger charge is 2.47. The summed E-state index contributed by atoms with van der Waals surface area (Å²) in [6.07, 6.45) is 3.64. The van der Waals surface area contributed by atoms with Gasteiger partial charge in [-0.15, -0.1) is 0 Å². The Morgan fingerprint density at radius 3 is 2.83 bits per heavy atom. The quantitative estimate of drug-likeness (QED) is 0.801. The van der Waals surface area contributed by atoms with Gasteiger partial charge in [0, 0.05) is 11.3 Å². The Bertz CT molecular complexity index is 500. The molecule has 4 heteroatoms. The molecule has 2 unspecified atom stereocenters. The Morgan fingerprint density at radius 1 is 1.33 bits per heavy atom. The number of rotatable bonds is 1. The molecule has 1 heterocycles. The van der Waals surface area contributed by atoms with E-state index in [0.717, 1.165) is 31.4 Å². The van der Waals surface area contributed by atoms with Gasteiger partial charge in [-0.25, -0.2) is 0 Å². The Balaban J connectivity index is 2.01. The highest BCUT2D eigenvalue weighted by atomic mass is 16.5. The van der Waals surface area contributed by atoms with Crippen LogP contribution in [0.3, 0.4) is 0 Å². The lowest BCUT2D eigenvalue weighted by atomic mass is 9.82. The maximum absolute atomic E-state index is 10.4. The van der Waals surface area contributed by atoms with Crippen molar-refractivity contribution in [1.29, 1.82) is 0 Å². The number of fused-ring (bicyclic) bond motifs is 1. The van der Waals surface area contributed by atoms with Crippen LogP contribution in [0.4, 0.5) is 0 Å². The fourth-order valence-corrected chi connectivity index (χ4v) is 3.00. The van der Waals surface area contributed by atoms with Crippen LogP contribution in [-0.2, 0) is 0 Å². The van der Waals surface area contributed by atoms with Crippen LogP contribution >= 0.6 is 0 Å². The molecular formula is C14H18N2O2. The van der Waals surface area contributed by atoms with Gasteiger partial charge in [-0.3, -0.25) is 4.99 Å². The number of aromatic hydroxyl groups is 1. The van der Waals surface area contributed by atoms with Gasteiger partial charge in [0.2, 0.25) is 0 Å². The number of aliphatic imine (C=N–C) groups is 1. The van der Waals surface area contributed by atoms with Crippen LogP contribution in [0.5, 0.6) is 5.75 Å². The van der Waals surface area contributed by atoms with Crippen molar-refractivity contribution in [2.45, 2.75) is 44.3 Å². The first-order valence-electron chi connectivity index (χ1n) is 6.46. The molecule has 4 nitrogen and oxygen atoms in total. The zero-order valence-electron chi connectivity index (χ0n) is 10.5. The average molecular weight is 246 g/mol. The Kier molecular flexibility index (Phi) is 2.64. The van der Waals surface area contributed by atoms with Crippen molar-refractivity contribution in [3.63, 3.8) is 0 Å². The SMILES string of the molecule is CC12CCCCC1=NC(c1ccccc1O)N2O. The van der Waals surface area contributed by atoms with Gasteiger partial charge < -0.3 is 10.3 Å². The molecule has 0 radical (unpaired) electrons. The molecule has 3 rings (SSSR count). The zero-order chi connectivity index (χ0) is 12.8. The van der Waals surface area contributed by atoms with E-state index < -0.39 is 6.17 Å². The highest BCUT2D eigenvalue weighted by molar-refractivity contribution is 5.95. The summed E-state index contributed by atoms with van der Waals surface area (Å²) in [6, 6.07) is 7.08. The maximum Gasteiger partial charge on any atom is 0.154 e. The van der Waals surface area contributed by atoms with Crippen LogP contribution < -0.4 is 0 Å². The molecule has 0 spiro atoms. The monoisotopic (exact) mass is 246 g/mol. The van der Waals surface area contributed by atoms with E-state index in [1.54, 1.807) is 12.1 Å². The van der Waals surface area contributed by atoms with E-state index in [4.69, 9.17) is 0 Å². The minimum atomic E-state index is -0.468. The van der Waals surface area contributed by atoms with Gasteiger partial charge in [0.05, 0.1) is 5.54 Å². The summed E-state index contributed by atoms with van der Waals surface area (Å²) >= 11 is 0. The molecule has 0 amide bonds. The van der Waals surface area contributed by atoms with E-state index >= 15 is 0 Å². The minimum Gasteiger partial charge on any atom is -0.508 e. The fraction of sp³-hybridized carbons (Fsp3) is 0.500. The van der Waals surface area contributed by atoms with Gasteiger partial charge in [0.15, 0.2) is 6.17 Å².